The molecule has 0 aliphatic heterocycles. The van der Waals surface area contributed by atoms with Crippen LogP contribution < -0.4 is 10.6 Å². The van der Waals surface area contributed by atoms with Gasteiger partial charge in [-0.2, -0.15) is 0 Å². The number of benzene rings is 2. The van der Waals surface area contributed by atoms with Crippen LogP contribution in [0.25, 0.3) is 0 Å². The minimum Gasteiger partial charge on any atom is -0.481 e. The summed E-state index contributed by atoms with van der Waals surface area (Å²) in [6, 6.07) is 18.7. The Morgan fingerprint density at radius 2 is 1.12 bits per heavy atom. The second-order valence-corrected chi connectivity index (χ2v) is 7.30. The first-order valence-electron chi connectivity index (χ1n) is 10.7. The van der Waals surface area contributed by atoms with Crippen molar-refractivity contribution >= 4 is 18.2 Å². The highest BCUT2D eigenvalue weighted by molar-refractivity contribution is 5.70. The van der Waals surface area contributed by atoms with Crippen LogP contribution in [0.1, 0.15) is 36.8 Å². The molecule has 0 radical (unpaired) electrons. The molecule has 32 heavy (non-hydrogen) atoms. The van der Waals surface area contributed by atoms with E-state index in [1.165, 1.54) is 0 Å². The van der Waals surface area contributed by atoms with E-state index in [4.69, 9.17) is 9.47 Å². The number of aliphatic carboxylic acids is 1. The summed E-state index contributed by atoms with van der Waals surface area (Å²) in [6.45, 7) is 1.04. The van der Waals surface area contributed by atoms with Gasteiger partial charge in [-0.25, -0.2) is 9.59 Å². The predicted molar refractivity (Wildman–Crippen MR) is 119 cm³/mol. The second-order valence-electron chi connectivity index (χ2n) is 7.30. The second kappa shape index (κ2) is 14.5. The van der Waals surface area contributed by atoms with E-state index in [1.54, 1.807) is 0 Å². The molecule has 0 aliphatic carbocycles. The predicted octanol–water partition coefficient (Wildman–Crippen LogP) is 4.10. The SMILES string of the molecule is O=C(NCCCC(CCCNC(=O)OCc1ccccc1)C(=O)O)OCc1ccccc1. The number of carbonyl (C=O) groups excluding carboxylic acids is 2. The summed E-state index contributed by atoms with van der Waals surface area (Å²) in [5.74, 6) is -1.43. The van der Waals surface area contributed by atoms with Crippen molar-refractivity contribution in [3.8, 4) is 0 Å². The fraction of sp³-hybridized carbons (Fsp3) is 0.375. The molecule has 2 aromatic carbocycles. The normalized spacial score (nSPS) is 10.4. The fourth-order valence-corrected chi connectivity index (χ4v) is 3.02. The Bertz CT molecular complexity index is 765. The van der Waals surface area contributed by atoms with Crippen LogP contribution in [0.2, 0.25) is 0 Å². The number of ether oxygens (including phenoxy) is 2. The van der Waals surface area contributed by atoms with Crippen LogP contribution in [0.3, 0.4) is 0 Å². The van der Waals surface area contributed by atoms with Crippen LogP contribution in [-0.2, 0) is 27.5 Å². The molecule has 2 rings (SSSR count). The van der Waals surface area contributed by atoms with Crippen molar-refractivity contribution < 1.29 is 29.0 Å². The van der Waals surface area contributed by atoms with Crippen molar-refractivity contribution in [1.82, 2.24) is 10.6 Å². The van der Waals surface area contributed by atoms with E-state index in [1.807, 2.05) is 60.7 Å². The Hall–Kier alpha value is -3.55. The molecule has 0 saturated carbocycles. The van der Waals surface area contributed by atoms with Crippen molar-refractivity contribution in [3.63, 3.8) is 0 Å². The largest absolute Gasteiger partial charge is 0.481 e. The van der Waals surface area contributed by atoms with Crippen LogP contribution in [-0.4, -0.2) is 36.4 Å². The van der Waals surface area contributed by atoms with E-state index in [0.717, 1.165) is 11.1 Å². The van der Waals surface area contributed by atoms with Gasteiger partial charge in [-0.3, -0.25) is 4.79 Å². The maximum atomic E-state index is 11.7. The monoisotopic (exact) mass is 442 g/mol. The van der Waals surface area contributed by atoms with Gasteiger partial charge in [0.25, 0.3) is 0 Å². The number of carbonyl (C=O) groups is 3. The summed E-state index contributed by atoms with van der Waals surface area (Å²) in [5.41, 5.74) is 1.79. The zero-order valence-electron chi connectivity index (χ0n) is 18.0. The zero-order valence-corrected chi connectivity index (χ0v) is 18.0. The summed E-state index contributed by atoms with van der Waals surface area (Å²) < 4.78 is 10.2. The maximum absolute atomic E-state index is 11.7. The average molecular weight is 443 g/mol. The third-order valence-electron chi connectivity index (χ3n) is 4.77. The molecule has 0 aliphatic rings. The number of alkyl carbamates (subject to hydrolysis) is 2. The van der Waals surface area contributed by atoms with Crippen molar-refractivity contribution in [2.45, 2.75) is 38.9 Å². The summed E-state index contributed by atoms with van der Waals surface area (Å²) in [4.78, 5) is 34.9. The Morgan fingerprint density at radius 1 is 0.719 bits per heavy atom. The van der Waals surface area contributed by atoms with E-state index in [-0.39, 0.29) is 13.2 Å². The first kappa shape index (κ1) is 24.7. The molecule has 8 nitrogen and oxygen atoms in total. The first-order chi connectivity index (χ1) is 15.5. The number of hydrogen-bond donors (Lipinski definition) is 3. The highest BCUT2D eigenvalue weighted by Gasteiger charge is 2.17. The van der Waals surface area contributed by atoms with E-state index in [0.29, 0.717) is 38.8 Å². The molecule has 8 heteroatoms. The molecule has 2 aromatic rings. The van der Waals surface area contributed by atoms with Crippen LogP contribution in [0.5, 0.6) is 0 Å². The number of amides is 2. The lowest BCUT2D eigenvalue weighted by Gasteiger charge is -2.13. The molecular formula is C24H30N2O6. The van der Waals surface area contributed by atoms with Gasteiger partial charge in [0, 0.05) is 13.1 Å². The quantitative estimate of drug-likeness (QED) is 0.403. The van der Waals surface area contributed by atoms with E-state index >= 15 is 0 Å². The van der Waals surface area contributed by atoms with Gasteiger partial charge in [0.2, 0.25) is 0 Å². The summed E-state index contributed by atoms with van der Waals surface area (Å²) in [6.07, 6.45) is 0.825. The van der Waals surface area contributed by atoms with Gasteiger partial charge in [0.05, 0.1) is 5.92 Å². The van der Waals surface area contributed by atoms with Gasteiger partial charge in [0.1, 0.15) is 13.2 Å². The standard InChI is InChI=1S/C24H30N2O6/c27-22(28)21(13-7-15-25-23(29)31-17-19-9-3-1-4-10-19)14-8-16-26-24(30)32-18-20-11-5-2-6-12-20/h1-6,9-12,21H,7-8,13-18H2,(H,25,29)(H,26,30)(H,27,28). The first-order valence-corrected chi connectivity index (χ1v) is 10.7. The van der Waals surface area contributed by atoms with Gasteiger partial charge in [-0.05, 0) is 36.8 Å². The van der Waals surface area contributed by atoms with Crippen LogP contribution >= 0.6 is 0 Å². The molecule has 0 atom stereocenters. The molecular weight excluding hydrogens is 412 g/mol. The zero-order chi connectivity index (χ0) is 23.0. The third kappa shape index (κ3) is 10.5. The fourth-order valence-electron chi connectivity index (χ4n) is 3.02. The maximum Gasteiger partial charge on any atom is 0.407 e. The minimum absolute atomic E-state index is 0.186. The number of nitrogens with one attached hydrogen (secondary N) is 2. The van der Waals surface area contributed by atoms with Gasteiger partial charge >= 0.3 is 18.2 Å². The lowest BCUT2D eigenvalue weighted by atomic mass is 9.98. The number of carboxylic acids is 1. The van der Waals surface area contributed by atoms with Crippen molar-refractivity contribution in [3.05, 3.63) is 71.8 Å². The molecule has 0 aromatic heterocycles. The molecule has 0 bridgehead atoms. The molecule has 0 heterocycles. The molecule has 3 N–H and O–H groups in total. The van der Waals surface area contributed by atoms with Crippen molar-refractivity contribution in [2.24, 2.45) is 5.92 Å². The summed E-state index contributed by atoms with van der Waals surface area (Å²) >= 11 is 0. The Kier molecular flexibility index (Phi) is 11.2. The van der Waals surface area contributed by atoms with Gasteiger partial charge in [0.15, 0.2) is 0 Å². The molecule has 0 saturated heterocycles. The third-order valence-corrected chi connectivity index (χ3v) is 4.77. The van der Waals surface area contributed by atoms with Crippen molar-refractivity contribution in [1.29, 1.82) is 0 Å². The topological polar surface area (TPSA) is 114 Å². The van der Waals surface area contributed by atoms with Gasteiger partial charge in [-0.15, -0.1) is 0 Å². The molecule has 0 unspecified atom stereocenters. The molecule has 172 valence electrons. The Morgan fingerprint density at radius 3 is 1.50 bits per heavy atom. The highest BCUT2D eigenvalue weighted by Crippen LogP contribution is 2.13. The van der Waals surface area contributed by atoms with Gasteiger partial charge in [-0.1, -0.05) is 60.7 Å². The van der Waals surface area contributed by atoms with E-state index in [2.05, 4.69) is 10.6 Å². The number of rotatable bonds is 13. The highest BCUT2D eigenvalue weighted by atomic mass is 16.6. The molecule has 0 fully saturated rings. The van der Waals surface area contributed by atoms with Crippen LogP contribution in [0.15, 0.2) is 60.7 Å². The van der Waals surface area contributed by atoms with E-state index < -0.39 is 24.1 Å². The van der Waals surface area contributed by atoms with Gasteiger partial charge < -0.3 is 25.2 Å². The van der Waals surface area contributed by atoms with Crippen LogP contribution in [0, 0.1) is 5.92 Å². The van der Waals surface area contributed by atoms with Crippen molar-refractivity contribution in [2.75, 3.05) is 13.1 Å². The minimum atomic E-state index is -0.886. The van der Waals surface area contributed by atoms with E-state index in [9.17, 15) is 19.5 Å². The number of hydrogen-bond acceptors (Lipinski definition) is 5. The average Bonchev–Trinajstić information content (AvgIpc) is 2.81. The lowest BCUT2D eigenvalue weighted by Crippen LogP contribution is -2.27. The molecule has 2 amide bonds. The lowest BCUT2D eigenvalue weighted by molar-refractivity contribution is -0.142. The summed E-state index contributed by atoms with van der Waals surface area (Å²) in [7, 11) is 0. The molecule has 0 spiro atoms. The smallest absolute Gasteiger partial charge is 0.407 e. The number of carboxylic acid groups (broad SMARTS) is 1. The summed E-state index contributed by atoms with van der Waals surface area (Å²) in [5, 5.41) is 14.6. The Balaban J connectivity index is 1.53. The Labute approximate surface area is 187 Å². The van der Waals surface area contributed by atoms with Crippen LogP contribution in [0.4, 0.5) is 9.59 Å².